The van der Waals surface area contributed by atoms with Gasteiger partial charge in [-0.15, -0.1) is 0 Å². The third-order valence-electron chi connectivity index (χ3n) is 7.88. The van der Waals surface area contributed by atoms with E-state index in [9.17, 15) is 24.0 Å². The van der Waals surface area contributed by atoms with Gasteiger partial charge >= 0.3 is 13.2 Å². The van der Waals surface area contributed by atoms with Gasteiger partial charge in [-0.05, 0) is 24.6 Å². The molecule has 11 heteroatoms. The van der Waals surface area contributed by atoms with Gasteiger partial charge in [0.15, 0.2) is 0 Å². The summed E-state index contributed by atoms with van der Waals surface area (Å²) < 4.78 is 25.8. The second kappa shape index (κ2) is 11.3. The van der Waals surface area contributed by atoms with Gasteiger partial charge in [-0.25, -0.2) is 9.18 Å². The molecular formula is C22H37BFN3O6. The molecular weight excluding hydrogens is 432 g/mol. The Balaban J connectivity index is 1.17. The second-order valence-electron chi connectivity index (χ2n) is 10.1. The molecule has 2 saturated carbocycles. The number of ether oxygens (including phenoxy) is 2. The maximum atomic E-state index is 15.0. The zero-order valence-corrected chi connectivity index (χ0v) is 19.2. The number of morpholine rings is 1. The van der Waals surface area contributed by atoms with E-state index in [-0.39, 0.29) is 36.3 Å². The van der Waals surface area contributed by atoms with Gasteiger partial charge in [-0.2, -0.15) is 0 Å². The average Bonchev–Trinajstić information content (AvgIpc) is 3.19. The summed E-state index contributed by atoms with van der Waals surface area (Å²) in [6.45, 7) is 3.44. The van der Waals surface area contributed by atoms with E-state index in [2.05, 4.69) is 10.2 Å². The van der Waals surface area contributed by atoms with E-state index in [1.54, 1.807) is 4.90 Å². The number of carbonyl (C=O) groups is 2. The van der Waals surface area contributed by atoms with Crippen molar-refractivity contribution in [1.29, 1.82) is 0 Å². The minimum Gasteiger partial charge on any atom is -0.442 e. The summed E-state index contributed by atoms with van der Waals surface area (Å²) in [4.78, 5) is 28.6. The normalized spacial score (nSPS) is 35.8. The lowest BCUT2D eigenvalue weighted by Crippen LogP contribution is -2.53. The smallest absolute Gasteiger partial charge is 0.442 e. The Morgan fingerprint density at radius 2 is 1.85 bits per heavy atom. The van der Waals surface area contributed by atoms with Crippen LogP contribution in [0.15, 0.2) is 0 Å². The van der Waals surface area contributed by atoms with Gasteiger partial charge in [0.25, 0.3) is 0 Å². The van der Waals surface area contributed by atoms with Crippen molar-refractivity contribution < 1.29 is 33.5 Å². The fourth-order valence-electron chi connectivity index (χ4n) is 5.88. The number of cyclic esters (lactones) is 1. The first kappa shape index (κ1) is 24.7. The molecule has 3 N–H and O–H groups in total. The second-order valence-corrected chi connectivity index (χ2v) is 10.1. The Kier molecular flexibility index (Phi) is 8.48. The van der Waals surface area contributed by atoms with Crippen LogP contribution < -0.4 is 5.32 Å². The van der Waals surface area contributed by atoms with Crippen molar-refractivity contribution in [2.75, 3.05) is 39.4 Å². The number of nitrogens with zero attached hydrogens (tertiary/aromatic N) is 2. The Bertz CT molecular complexity index is 675. The number of carbonyl (C=O) groups excluding carboxylic acids is 2. The van der Waals surface area contributed by atoms with Gasteiger partial charge in [0.1, 0.15) is 12.3 Å². The summed E-state index contributed by atoms with van der Waals surface area (Å²) in [5, 5.41) is 21.4. The molecule has 9 nitrogen and oxygen atoms in total. The predicted molar refractivity (Wildman–Crippen MR) is 119 cm³/mol. The van der Waals surface area contributed by atoms with E-state index in [0.717, 1.165) is 32.4 Å². The Morgan fingerprint density at radius 1 is 1.12 bits per heavy atom. The van der Waals surface area contributed by atoms with E-state index in [0.29, 0.717) is 51.9 Å². The molecule has 4 atom stereocenters. The average molecular weight is 469 g/mol. The Morgan fingerprint density at radius 3 is 2.52 bits per heavy atom. The highest BCUT2D eigenvalue weighted by molar-refractivity contribution is 6.43. The summed E-state index contributed by atoms with van der Waals surface area (Å²) >= 11 is 0. The fraction of sp³-hybridized carbons (Fsp3) is 0.909. The first-order valence-electron chi connectivity index (χ1n) is 12.5. The number of halogens is 1. The third-order valence-corrected chi connectivity index (χ3v) is 7.88. The molecule has 0 radical (unpaired) electrons. The maximum Gasteiger partial charge on any atom is 0.454 e. The highest BCUT2D eigenvalue weighted by Gasteiger charge is 2.42. The van der Waals surface area contributed by atoms with Crippen molar-refractivity contribution in [3.05, 3.63) is 0 Å². The minimum absolute atomic E-state index is 0.0765. The van der Waals surface area contributed by atoms with Crippen molar-refractivity contribution in [2.45, 2.75) is 81.5 Å². The lowest BCUT2D eigenvalue weighted by atomic mass is 9.63. The van der Waals surface area contributed by atoms with Crippen molar-refractivity contribution in [2.24, 2.45) is 5.92 Å². The lowest BCUT2D eigenvalue weighted by Gasteiger charge is -2.42. The summed E-state index contributed by atoms with van der Waals surface area (Å²) in [7, 11) is -1.28. The van der Waals surface area contributed by atoms with E-state index in [4.69, 9.17) is 9.47 Å². The number of amides is 2. The van der Waals surface area contributed by atoms with Gasteiger partial charge in [0, 0.05) is 38.0 Å². The quantitative estimate of drug-likeness (QED) is 0.476. The van der Waals surface area contributed by atoms with Crippen molar-refractivity contribution in [3.8, 4) is 0 Å². The Hall–Kier alpha value is -1.43. The standard InChI is InChI=1S/C22H37BFN3O6/c24-19-12-17(5-6-20(19)26-7-9-32-10-8-26)27-14-18(33-22(27)29)13-25-21(28)11-15-1-3-16(4-2-15)23(30)31/h15-20,30-31H,1-14H2,(H,25,28)/t15?,16?,17?,18-,19?,20?/m0/s1. The molecule has 4 rings (SSSR count). The number of alkyl halides is 1. The van der Waals surface area contributed by atoms with Crippen LogP contribution in [0.5, 0.6) is 0 Å². The molecule has 4 aliphatic rings. The molecule has 0 bridgehead atoms. The number of hydrogen-bond acceptors (Lipinski definition) is 7. The van der Waals surface area contributed by atoms with Gasteiger partial charge in [-0.1, -0.05) is 25.7 Å². The van der Waals surface area contributed by atoms with Gasteiger partial charge < -0.3 is 29.7 Å². The molecule has 33 heavy (non-hydrogen) atoms. The third kappa shape index (κ3) is 6.38. The Labute approximate surface area is 195 Å². The first-order valence-corrected chi connectivity index (χ1v) is 12.5. The molecule has 2 amide bonds. The molecule has 2 saturated heterocycles. The van der Waals surface area contributed by atoms with Crippen LogP contribution in [0.3, 0.4) is 0 Å². The van der Waals surface area contributed by atoms with Crippen LogP contribution in [0.25, 0.3) is 0 Å². The summed E-state index contributed by atoms with van der Waals surface area (Å²) in [6.07, 6.45) is 3.41. The number of hydrogen-bond donors (Lipinski definition) is 3. The zero-order valence-electron chi connectivity index (χ0n) is 19.2. The van der Waals surface area contributed by atoms with Gasteiger partial charge in [0.2, 0.25) is 5.91 Å². The molecule has 2 aliphatic carbocycles. The van der Waals surface area contributed by atoms with Crippen molar-refractivity contribution in [1.82, 2.24) is 15.1 Å². The molecule has 3 unspecified atom stereocenters. The number of nitrogens with one attached hydrogen (secondary N) is 1. The molecule has 186 valence electrons. The largest absolute Gasteiger partial charge is 0.454 e. The fourth-order valence-corrected chi connectivity index (χ4v) is 5.88. The lowest BCUT2D eigenvalue weighted by molar-refractivity contribution is -0.122. The zero-order chi connectivity index (χ0) is 23.4. The molecule has 2 aliphatic heterocycles. The molecule has 0 aromatic carbocycles. The van der Waals surface area contributed by atoms with E-state index in [1.165, 1.54) is 0 Å². The number of rotatable bonds is 7. The highest BCUT2D eigenvalue weighted by atomic mass is 19.1. The van der Waals surface area contributed by atoms with Crippen LogP contribution in [-0.2, 0) is 14.3 Å². The summed E-state index contributed by atoms with van der Waals surface area (Å²) in [5.74, 6) is 0.0687. The van der Waals surface area contributed by atoms with Crippen LogP contribution >= 0.6 is 0 Å². The molecule has 4 fully saturated rings. The van der Waals surface area contributed by atoms with Crippen molar-refractivity contribution in [3.63, 3.8) is 0 Å². The van der Waals surface area contributed by atoms with Gasteiger partial charge in [0.05, 0.1) is 26.3 Å². The molecule has 2 heterocycles. The van der Waals surface area contributed by atoms with Crippen LogP contribution in [0.2, 0.25) is 5.82 Å². The SMILES string of the molecule is O=C(CC1CCC(B(O)O)CC1)NC[C@H]1CN(C2CCC(N3CCOCC3)C(F)C2)C(=O)O1. The monoisotopic (exact) mass is 469 g/mol. The van der Waals surface area contributed by atoms with Crippen LogP contribution in [0.1, 0.15) is 51.4 Å². The van der Waals surface area contributed by atoms with E-state index in [1.807, 2.05) is 0 Å². The van der Waals surface area contributed by atoms with E-state index < -0.39 is 25.5 Å². The highest BCUT2D eigenvalue weighted by Crippen LogP contribution is 2.35. The summed E-state index contributed by atoms with van der Waals surface area (Å²) in [5.41, 5.74) is 0. The topological polar surface area (TPSA) is 112 Å². The minimum atomic E-state index is -1.28. The first-order chi connectivity index (χ1) is 15.9. The summed E-state index contributed by atoms with van der Waals surface area (Å²) in [6, 6.07) is -0.267. The van der Waals surface area contributed by atoms with E-state index >= 15 is 0 Å². The molecule has 0 aromatic rings. The maximum absolute atomic E-state index is 15.0. The molecule has 0 aromatic heterocycles. The van der Waals surface area contributed by atoms with Crippen LogP contribution in [0.4, 0.5) is 9.18 Å². The molecule has 0 spiro atoms. The van der Waals surface area contributed by atoms with Crippen LogP contribution in [0, 0.1) is 5.92 Å². The van der Waals surface area contributed by atoms with Gasteiger partial charge in [-0.3, -0.25) is 9.69 Å². The predicted octanol–water partition coefficient (Wildman–Crippen LogP) is 0.938. The van der Waals surface area contributed by atoms with Crippen molar-refractivity contribution >= 4 is 19.1 Å². The van der Waals surface area contributed by atoms with Crippen LogP contribution in [-0.4, -0.2) is 103 Å².